The highest BCUT2D eigenvalue weighted by atomic mass is 16.6. The molecular formula is C14H21N3O2. The number of nitrogens with two attached hydrogens (primary N) is 1. The van der Waals surface area contributed by atoms with Gasteiger partial charge in [-0.3, -0.25) is 10.1 Å². The fraction of sp³-hybridized carbons (Fsp3) is 0.571. The van der Waals surface area contributed by atoms with Crippen LogP contribution in [0.5, 0.6) is 0 Å². The van der Waals surface area contributed by atoms with E-state index >= 15 is 0 Å². The molecule has 0 bridgehead atoms. The van der Waals surface area contributed by atoms with Crippen molar-refractivity contribution in [2.24, 2.45) is 0 Å². The van der Waals surface area contributed by atoms with Gasteiger partial charge in [-0.05, 0) is 25.8 Å². The van der Waals surface area contributed by atoms with Gasteiger partial charge < -0.3 is 10.6 Å². The lowest BCUT2D eigenvalue weighted by Gasteiger charge is -2.35. The van der Waals surface area contributed by atoms with Gasteiger partial charge in [-0.25, -0.2) is 0 Å². The highest BCUT2D eigenvalue weighted by Gasteiger charge is 2.22. The summed E-state index contributed by atoms with van der Waals surface area (Å²) >= 11 is 0. The van der Waals surface area contributed by atoms with E-state index in [1.165, 1.54) is 25.3 Å². The van der Waals surface area contributed by atoms with E-state index in [0.717, 1.165) is 25.1 Å². The van der Waals surface area contributed by atoms with Crippen LogP contribution in [-0.2, 0) is 0 Å². The molecule has 0 amide bonds. The van der Waals surface area contributed by atoms with Gasteiger partial charge in [-0.2, -0.15) is 0 Å². The van der Waals surface area contributed by atoms with E-state index in [2.05, 4.69) is 11.8 Å². The molecule has 5 heteroatoms. The Morgan fingerprint density at radius 1 is 1.32 bits per heavy atom. The van der Waals surface area contributed by atoms with Crippen LogP contribution in [-0.4, -0.2) is 17.5 Å². The zero-order valence-corrected chi connectivity index (χ0v) is 11.3. The van der Waals surface area contributed by atoms with Crippen molar-refractivity contribution in [1.82, 2.24) is 0 Å². The number of benzene rings is 1. The van der Waals surface area contributed by atoms with Gasteiger partial charge >= 0.3 is 0 Å². The lowest BCUT2D eigenvalue weighted by molar-refractivity contribution is -0.384. The van der Waals surface area contributed by atoms with Crippen molar-refractivity contribution in [2.45, 2.75) is 45.1 Å². The van der Waals surface area contributed by atoms with E-state index in [1.807, 2.05) is 6.07 Å². The first-order chi connectivity index (χ1) is 9.11. The zero-order valence-electron chi connectivity index (χ0n) is 11.3. The van der Waals surface area contributed by atoms with Crippen molar-refractivity contribution >= 4 is 17.1 Å². The zero-order chi connectivity index (χ0) is 13.8. The third-order valence-corrected chi connectivity index (χ3v) is 3.82. The number of anilines is 2. The Morgan fingerprint density at radius 3 is 2.58 bits per heavy atom. The van der Waals surface area contributed by atoms with Crippen LogP contribution < -0.4 is 10.6 Å². The number of hydrogen-bond donors (Lipinski definition) is 1. The highest BCUT2D eigenvalue weighted by Crippen LogP contribution is 2.31. The van der Waals surface area contributed by atoms with Crippen LogP contribution in [0.15, 0.2) is 18.2 Å². The van der Waals surface area contributed by atoms with E-state index in [0.29, 0.717) is 11.7 Å². The smallest absolute Gasteiger partial charge is 0.273 e. The Balaban J connectivity index is 2.28. The van der Waals surface area contributed by atoms with E-state index in [1.54, 1.807) is 6.07 Å². The maximum atomic E-state index is 10.9. The summed E-state index contributed by atoms with van der Waals surface area (Å²) in [5.41, 5.74) is 7.19. The summed E-state index contributed by atoms with van der Waals surface area (Å²) in [6.07, 6.45) is 6.11. The Labute approximate surface area is 113 Å². The third-order valence-electron chi connectivity index (χ3n) is 3.82. The summed E-state index contributed by atoms with van der Waals surface area (Å²) in [5, 5.41) is 10.9. The fourth-order valence-electron chi connectivity index (χ4n) is 2.93. The second-order valence-corrected chi connectivity index (χ2v) is 5.12. The summed E-state index contributed by atoms with van der Waals surface area (Å²) in [6.45, 7) is 2.94. The maximum absolute atomic E-state index is 10.9. The van der Waals surface area contributed by atoms with Gasteiger partial charge in [0.2, 0.25) is 0 Å². The van der Waals surface area contributed by atoms with Crippen LogP contribution in [0.4, 0.5) is 17.1 Å². The van der Waals surface area contributed by atoms with Crippen molar-refractivity contribution < 1.29 is 4.92 Å². The van der Waals surface area contributed by atoms with Crippen LogP contribution in [0.2, 0.25) is 0 Å². The summed E-state index contributed by atoms with van der Waals surface area (Å²) in [7, 11) is 0. The number of non-ortho nitro benzene ring substituents is 1. The first-order valence-corrected chi connectivity index (χ1v) is 6.93. The lowest BCUT2D eigenvalue weighted by Crippen LogP contribution is -2.36. The fourth-order valence-corrected chi connectivity index (χ4v) is 2.93. The van der Waals surface area contributed by atoms with Crippen molar-refractivity contribution in [3.05, 3.63) is 28.3 Å². The third kappa shape index (κ3) is 3.16. The van der Waals surface area contributed by atoms with Gasteiger partial charge in [0, 0.05) is 36.1 Å². The molecule has 104 valence electrons. The molecule has 1 aromatic carbocycles. The Bertz CT molecular complexity index is 456. The van der Waals surface area contributed by atoms with E-state index in [9.17, 15) is 10.1 Å². The molecule has 0 aromatic heterocycles. The molecule has 0 saturated heterocycles. The summed E-state index contributed by atoms with van der Waals surface area (Å²) in [5.74, 6) is 0. The SMILES string of the molecule is CCN(c1cc(N)cc([N+](=O)[O-])c1)C1CCCCC1. The number of rotatable bonds is 4. The number of nitro benzene ring substituents is 1. The van der Waals surface area contributed by atoms with Crippen molar-refractivity contribution in [1.29, 1.82) is 0 Å². The minimum absolute atomic E-state index is 0.0734. The van der Waals surface area contributed by atoms with Crippen molar-refractivity contribution in [3.63, 3.8) is 0 Å². The van der Waals surface area contributed by atoms with Crippen LogP contribution in [0.25, 0.3) is 0 Å². The molecule has 1 aliphatic rings. The van der Waals surface area contributed by atoms with Crippen LogP contribution in [0.1, 0.15) is 39.0 Å². The largest absolute Gasteiger partial charge is 0.398 e. The van der Waals surface area contributed by atoms with Gasteiger partial charge in [0.15, 0.2) is 0 Å². The lowest BCUT2D eigenvalue weighted by atomic mass is 9.93. The molecule has 5 nitrogen and oxygen atoms in total. The minimum atomic E-state index is -0.380. The molecule has 0 radical (unpaired) electrons. The number of nitrogens with zero attached hydrogens (tertiary/aromatic N) is 2. The van der Waals surface area contributed by atoms with Crippen LogP contribution >= 0.6 is 0 Å². The minimum Gasteiger partial charge on any atom is -0.398 e. The topological polar surface area (TPSA) is 72.4 Å². The van der Waals surface area contributed by atoms with E-state index in [4.69, 9.17) is 5.73 Å². The quantitative estimate of drug-likeness (QED) is 0.513. The summed E-state index contributed by atoms with van der Waals surface area (Å²) < 4.78 is 0. The Morgan fingerprint density at radius 2 is 2.00 bits per heavy atom. The van der Waals surface area contributed by atoms with E-state index < -0.39 is 0 Å². The van der Waals surface area contributed by atoms with Gasteiger partial charge in [-0.1, -0.05) is 19.3 Å². The Hall–Kier alpha value is -1.78. The molecule has 0 aliphatic heterocycles. The number of nitrogen functional groups attached to an aromatic ring is 1. The van der Waals surface area contributed by atoms with Gasteiger partial charge in [0.05, 0.1) is 4.92 Å². The average Bonchev–Trinajstić information content (AvgIpc) is 2.40. The van der Waals surface area contributed by atoms with Gasteiger partial charge in [0.25, 0.3) is 5.69 Å². The normalized spacial score (nSPS) is 16.3. The van der Waals surface area contributed by atoms with Crippen LogP contribution in [0.3, 0.4) is 0 Å². The molecule has 1 aliphatic carbocycles. The standard InChI is InChI=1S/C14H21N3O2/c1-2-16(12-6-4-3-5-7-12)13-8-11(15)9-14(10-13)17(18)19/h8-10,12H,2-7,15H2,1H3. The number of hydrogen-bond acceptors (Lipinski definition) is 4. The van der Waals surface area contributed by atoms with Crippen molar-refractivity contribution in [2.75, 3.05) is 17.2 Å². The first kappa shape index (κ1) is 13.6. The maximum Gasteiger partial charge on any atom is 0.273 e. The average molecular weight is 263 g/mol. The highest BCUT2D eigenvalue weighted by molar-refractivity contribution is 5.63. The van der Waals surface area contributed by atoms with Crippen LogP contribution in [0, 0.1) is 10.1 Å². The summed E-state index contributed by atoms with van der Waals surface area (Å²) in [6, 6.07) is 5.37. The molecule has 0 spiro atoms. The molecule has 19 heavy (non-hydrogen) atoms. The van der Waals surface area contributed by atoms with Crippen molar-refractivity contribution in [3.8, 4) is 0 Å². The predicted molar refractivity (Wildman–Crippen MR) is 77.4 cm³/mol. The molecule has 0 heterocycles. The number of nitro groups is 1. The second-order valence-electron chi connectivity index (χ2n) is 5.12. The molecule has 1 aromatic rings. The summed E-state index contributed by atoms with van der Waals surface area (Å²) in [4.78, 5) is 12.8. The Kier molecular flexibility index (Phi) is 4.24. The van der Waals surface area contributed by atoms with Gasteiger partial charge in [0.1, 0.15) is 0 Å². The molecule has 0 atom stereocenters. The first-order valence-electron chi connectivity index (χ1n) is 6.93. The molecule has 0 unspecified atom stereocenters. The van der Waals surface area contributed by atoms with Gasteiger partial charge in [-0.15, -0.1) is 0 Å². The molecular weight excluding hydrogens is 242 g/mol. The predicted octanol–water partition coefficient (Wildman–Crippen LogP) is 3.34. The van der Waals surface area contributed by atoms with E-state index in [-0.39, 0.29) is 10.6 Å². The second kappa shape index (κ2) is 5.91. The molecule has 2 rings (SSSR count). The molecule has 1 fully saturated rings. The monoisotopic (exact) mass is 263 g/mol. The molecule has 2 N–H and O–H groups in total. The molecule has 1 saturated carbocycles.